The van der Waals surface area contributed by atoms with Gasteiger partial charge in [-0.15, -0.1) is 0 Å². The number of methoxy groups -OCH3 is 1. The zero-order valence-electron chi connectivity index (χ0n) is 13.7. The van der Waals surface area contributed by atoms with Gasteiger partial charge in [0, 0.05) is 30.2 Å². The van der Waals surface area contributed by atoms with E-state index in [0.717, 1.165) is 37.3 Å². The Morgan fingerprint density at radius 2 is 2.00 bits per heavy atom. The van der Waals surface area contributed by atoms with Crippen LogP contribution in [-0.2, 0) is 0 Å². The Morgan fingerprint density at radius 3 is 2.71 bits per heavy atom. The standard InChI is InChI=1S/C17H19ClN4O2/c1-11-7-13(15(24-2)8-12(11)18)21-17(23)14-9-16(20-10-19-14)22-5-3-4-6-22/h7-10H,3-6H2,1-2H3,(H,21,23). The molecule has 126 valence electrons. The molecular formula is C17H19ClN4O2. The maximum Gasteiger partial charge on any atom is 0.274 e. The molecule has 3 rings (SSSR count). The third kappa shape index (κ3) is 3.43. The number of hydrogen-bond donors (Lipinski definition) is 1. The summed E-state index contributed by atoms with van der Waals surface area (Å²) in [6, 6.07) is 5.18. The summed E-state index contributed by atoms with van der Waals surface area (Å²) in [7, 11) is 1.53. The Balaban J connectivity index is 1.82. The van der Waals surface area contributed by atoms with Crippen LogP contribution < -0.4 is 15.0 Å². The van der Waals surface area contributed by atoms with E-state index in [9.17, 15) is 4.79 Å². The number of benzene rings is 1. The van der Waals surface area contributed by atoms with Gasteiger partial charge in [0.1, 0.15) is 23.6 Å². The number of amides is 1. The molecule has 1 aromatic carbocycles. The molecule has 1 amide bonds. The molecular weight excluding hydrogens is 328 g/mol. The summed E-state index contributed by atoms with van der Waals surface area (Å²) in [6.07, 6.45) is 3.71. The first-order valence-corrected chi connectivity index (χ1v) is 8.19. The molecule has 7 heteroatoms. The second-order valence-electron chi connectivity index (χ2n) is 5.71. The highest BCUT2D eigenvalue weighted by atomic mass is 35.5. The molecule has 2 heterocycles. The van der Waals surface area contributed by atoms with Crippen molar-refractivity contribution >= 4 is 29.0 Å². The second-order valence-corrected chi connectivity index (χ2v) is 6.12. The summed E-state index contributed by atoms with van der Waals surface area (Å²) in [5.41, 5.74) is 1.74. The SMILES string of the molecule is COc1cc(Cl)c(C)cc1NC(=O)c1cc(N2CCCC2)ncn1. The first-order valence-electron chi connectivity index (χ1n) is 7.81. The number of hydrogen-bond acceptors (Lipinski definition) is 5. The molecule has 1 aliphatic rings. The molecule has 0 saturated carbocycles. The number of nitrogens with one attached hydrogen (secondary N) is 1. The number of carbonyl (C=O) groups is 1. The molecule has 0 aliphatic carbocycles. The number of rotatable bonds is 4. The highest BCUT2D eigenvalue weighted by molar-refractivity contribution is 6.31. The number of carbonyl (C=O) groups excluding carboxylic acids is 1. The van der Waals surface area contributed by atoms with Crippen LogP contribution in [0.3, 0.4) is 0 Å². The van der Waals surface area contributed by atoms with Gasteiger partial charge in [0.25, 0.3) is 5.91 Å². The molecule has 1 aliphatic heterocycles. The fourth-order valence-electron chi connectivity index (χ4n) is 2.71. The van der Waals surface area contributed by atoms with E-state index in [4.69, 9.17) is 16.3 Å². The van der Waals surface area contributed by atoms with E-state index in [1.807, 2.05) is 6.92 Å². The lowest BCUT2D eigenvalue weighted by Crippen LogP contribution is -2.21. The largest absolute Gasteiger partial charge is 0.495 e. The van der Waals surface area contributed by atoms with Crippen molar-refractivity contribution in [3.63, 3.8) is 0 Å². The van der Waals surface area contributed by atoms with Crippen molar-refractivity contribution in [2.75, 3.05) is 30.4 Å². The predicted octanol–water partition coefficient (Wildman–Crippen LogP) is 3.30. The van der Waals surface area contributed by atoms with Crippen LogP contribution in [0.25, 0.3) is 0 Å². The van der Waals surface area contributed by atoms with Crippen LogP contribution in [0.2, 0.25) is 5.02 Å². The van der Waals surface area contributed by atoms with E-state index >= 15 is 0 Å². The minimum Gasteiger partial charge on any atom is -0.495 e. The second kappa shape index (κ2) is 7.05. The molecule has 0 spiro atoms. The Hall–Kier alpha value is -2.34. The van der Waals surface area contributed by atoms with Gasteiger partial charge < -0.3 is 15.0 Å². The Labute approximate surface area is 145 Å². The predicted molar refractivity (Wildman–Crippen MR) is 94.2 cm³/mol. The van der Waals surface area contributed by atoms with Crippen LogP contribution in [-0.4, -0.2) is 36.1 Å². The lowest BCUT2D eigenvalue weighted by atomic mass is 10.2. The molecule has 1 fully saturated rings. The molecule has 2 aromatic rings. The molecule has 1 saturated heterocycles. The maximum atomic E-state index is 12.5. The van der Waals surface area contributed by atoms with Gasteiger partial charge in [0.15, 0.2) is 0 Å². The average molecular weight is 347 g/mol. The Morgan fingerprint density at radius 1 is 1.25 bits per heavy atom. The van der Waals surface area contributed by atoms with Gasteiger partial charge >= 0.3 is 0 Å². The lowest BCUT2D eigenvalue weighted by Gasteiger charge is -2.16. The van der Waals surface area contributed by atoms with Crippen molar-refractivity contribution in [2.45, 2.75) is 19.8 Å². The third-order valence-corrected chi connectivity index (χ3v) is 4.45. The molecule has 6 nitrogen and oxygen atoms in total. The topological polar surface area (TPSA) is 67.3 Å². The van der Waals surface area contributed by atoms with Gasteiger partial charge in [-0.3, -0.25) is 4.79 Å². The number of nitrogens with zero attached hydrogens (tertiary/aromatic N) is 3. The van der Waals surface area contributed by atoms with Crippen molar-refractivity contribution in [2.24, 2.45) is 0 Å². The third-order valence-electron chi connectivity index (χ3n) is 4.04. The zero-order valence-corrected chi connectivity index (χ0v) is 14.4. The summed E-state index contributed by atoms with van der Waals surface area (Å²) in [5, 5.41) is 3.42. The lowest BCUT2D eigenvalue weighted by molar-refractivity contribution is 0.102. The average Bonchev–Trinajstić information content (AvgIpc) is 3.12. The van der Waals surface area contributed by atoms with Gasteiger partial charge in [0.2, 0.25) is 0 Å². The quantitative estimate of drug-likeness (QED) is 0.920. The van der Waals surface area contributed by atoms with Crippen LogP contribution in [0.5, 0.6) is 5.75 Å². The minimum absolute atomic E-state index is 0.308. The smallest absolute Gasteiger partial charge is 0.274 e. The van der Waals surface area contributed by atoms with Crippen molar-refractivity contribution in [3.05, 3.63) is 40.8 Å². The van der Waals surface area contributed by atoms with Crippen LogP contribution >= 0.6 is 11.6 Å². The van der Waals surface area contributed by atoms with E-state index < -0.39 is 0 Å². The Kier molecular flexibility index (Phi) is 4.85. The van der Waals surface area contributed by atoms with Crippen molar-refractivity contribution in [3.8, 4) is 5.75 Å². The normalized spacial score (nSPS) is 13.9. The number of aryl methyl sites for hydroxylation is 1. The molecule has 24 heavy (non-hydrogen) atoms. The molecule has 1 aromatic heterocycles. The fourth-order valence-corrected chi connectivity index (χ4v) is 2.86. The highest BCUT2D eigenvalue weighted by Gasteiger charge is 2.17. The van der Waals surface area contributed by atoms with Gasteiger partial charge in [0.05, 0.1) is 12.8 Å². The molecule has 1 N–H and O–H groups in total. The summed E-state index contributed by atoms with van der Waals surface area (Å²) < 4.78 is 5.28. The summed E-state index contributed by atoms with van der Waals surface area (Å²) >= 11 is 6.09. The Bertz CT molecular complexity index is 760. The highest BCUT2D eigenvalue weighted by Crippen LogP contribution is 2.31. The minimum atomic E-state index is -0.308. The number of anilines is 2. The van der Waals surface area contributed by atoms with Gasteiger partial charge in [-0.1, -0.05) is 11.6 Å². The number of aromatic nitrogens is 2. The summed E-state index contributed by atoms with van der Waals surface area (Å²) in [4.78, 5) is 23.0. The first-order chi connectivity index (χ1) is 11.6. The van der Waals surface area contributed by atoms with Crippen molar-refractivity contribution < 1.29 is 9.53 Å². The summed E-state index contributed by atoms with van der Waals surface area (Å²) in [6.45, 7) is 3.79. The number of halogens is 1. The molecule has 0 atom stereocenters. The van der Waals surface area contributed by atoms with E-state index in [1.54, 1.807) is 18.2 Å². The van der Waals surface area contributed by atoms with E-state index in [2.05, 4.69) is 20.2 Å². The maximum absolute atomic E-state index is 12.5. The van der Waals surface area contributed by atoms with Gasteiger partial charge in [-0.2, -0.15) is 0 Å². The van der Waals surface area contributed by atoms with Crippen LogP contribution in [0.15, 0.2) is 24.5 Å². The first kappa shape index (κ1) is 16.5. The van der Waals surface area contributed by atoms with Gasteiger partial charge in [-0.05, 0) is 31.4 Å². The summed E-state index contributed by atoms with van der Waals surface area (Å²) in [5.74, 6) is 0.984. The zero-order chi connectivity index (χ0) is 17.1. The molecule has 0 unspecified atom stereocenters. The van der Waals surface area contributed by atoms with Crippen LogP contribution in [0.1, 0.15) is 28.9 Å². The monoisotopic (exact) mass is 346 g/mol. The number of ether oxygens (including phenoxy) is 1. The van der Waals surface area contributed by atoms with Gasteiger partial charge in [-0.25, -0.2) is 9.97 Å². The van der Waals surface area contributed by atoms with E-state index in [0.29, 0.717) is 22.2 Å². The van der Waals surface area contributed by atoms with Crippen LogP contribution in [0.4, 0.5) is 11.5 Å². The molecule has 0 radical (unpaired) electrons. The van der Waals surface area contributed by atoms with E-state index in [1.165, 1.54) is 13.4 Å². The van der Waals surface area contributed by atoms with Crippen LogP contribution in [0, 0.1) is 6.92 Å². The van der Waals surface area contributed by atoms with Crippen molar-refractivity contribution in [1.29, 1.82) is 0 Å². The van der Waals surface area contributed by atoms with Crippen molar-refractivity contribution in [1.82, 2.24) is 9.97 Å². The fraction of sp³-hybridized carbons (Fsp3) is 0.353. The molecule has 0 bridgehead atoms. The van der Waals surface area contributed by atoms with E-state index in [-0.39, 0.29) is 5.91 Å².